The summed E-state index contributed by atoms with van der Waals surface area (Å²) in [7, 11) is 1.52. The number of ether oxygens (including phenoxy) is 1. The minimum Gasteiger partial charge on any atom is -0.496 e. The fraction of sp³-hybridized carbons (Fsp3) is 0.0769. The number of carbonyl (C=O) groups is 1. The molecule has 0 unspecified atom stereocenters. The summed E-state index contributed by atoms with van der Waals surface area (Å²) in [6.07, 6.45) is 0. The number of nitrogens with zero attached hydrogens (tertiary/aromatic N) is 1. The van der Waals surface area contributed by atoms with E-state index < -0.39 is 5.82 Å². The van der Waals surface area contributed by atoms with Gasteiger partial charge >= 0.3 is 0 Å². The van der Waals surface area contributed by atoms with Crippen LogP contribution in [-0.4, -0.2) is 23.2 Å². The summed E-state index contributed by atoms with van der Waals surface area (Å²) >= 11 is 0. The van der Waals surface area contributed by atoms with E-state index in [9.17, 15) is 9.18 Å². The third-order valence-corrected chi connectivity index (χ3v) is 5.51. The van der Waals surface area contributed by atoms with Crippen molar-refractivity contribution in [3.8, 4) is 17.0 Å². The molecular weight excluding hydrogens is 405 g/mol. The number of aromatic nitrogens is 2. The molecule has 2 N–H and O–H groups in total. The first-order valence-electron chi connectivity index (χ1n) is 10.2. The molecule has 158 valence electrons. The van der Waals surface area contributed by atoms with Crippen molar-refractivity contribution < 1.29 is 13.9 Å². The second-order valence-corrected chi connectivity index (χ2v) is 7.52. The number of hydrogen-bond donors (Lipinski definition) is 2. The van der Waals surface area contributed by atoms with Crippen LogP contribution in [0.2, 0.25) is 0 Å². The van der Waals surface area contributed by atoms with E-state index in [4.69, 9.17) is 4.74 Å². The largest absolute Gasteiger partial charge is 0.496 e. The maximum Gasteiger partial charge on any atom is 0.255 e. The Bertz CT molecular complexity index is 1460. The maximum absolute atomic E-state index is 14.8. The van der Waals surface area contributed by atoms with Gasteiger partial charge in [0, 0.05) is 17.5 Å². The number of carbonyl (C=O) groups excluding carboxylic acids is 1. The lowest BCUT2D eigenvalue weighted by Gasteiger charge is -2.10. The summed E-state index contributed by atoms with van der Waals surface area (Å²) in [5.74, 6) is -0.239. The van der Waals surface area contributed by atoms with Crippen molar-refractivity contribution >= 4 is 27.6 Å². The zero-order chi connectivity index (χ0) is 22.1. The molecule has 1 amide bonds. The van der Waals surface area contributed by atoms with Crippen LogP contribution in [-0.2, 0) is 6.54 Å². The maximum atomic E-state index is 14.8. The number of benzene rings is 4. The van der Waals surface area contributed by atoms with E-state index in [0.717, 1.165) is 22.0 Å². The van der Waals surface area contributed by atoms with E-state index in [2.05, 4.69) is 21.6 Å². The van der Waals surface area contributed by atoms with Gasteiger partial charge in [0.1, 0.15) is 11.3 Å². The first-order chi connectivity index (χ1) is 15.6. The average molecular weight is 425 g/mol. The highest BCUT2D eigenvalue weighted by Crippen LogP contribution is 2.31. The first-order valence-corrected chi connectivity index (χ1v) is 10.2. The highest BCUT2D eigenvalue weighted by atomic mass is 19.1. The van der Waals surface area contributed by atoms with Crippen LogP contribution in [0.3, 0.4) is 0 Å². The topological polar surface area (TPSA) is 67.0 Å². The standard InChI is InChI=1S/C26H20FN3O2/c1-32-23-9-5-4-8-20(23)26(31)28-15-16-12-21-24(29-30-25(21)22(27)13-16)19-11-10-17-6-2-3-7-18(17)14-19/h2-14H,15H2,1H3,(H,28,31)(H,29,30). The second-order valence-electron chi connectivity index (χ2n) is 7.52. The Morgan fingerprint density at radius 3 is 2.62 bits per heavy atom. The van der Waals surface area contributed by atoms with Crippen LogP contribution in [0.1, 0.15) is 15.9 Å². The second kappa shape index (κ2) is 8.15. The number of rotatable bonds is 5. The first kappa shape index (κ1) is 19.8. The summed E-state index contributed by atoms with van der Waals surface area (Å²) in [6, 6.07) is 24.4. The van der Waals surface area contributed by atoms with Gasteiger partial charge in [0.25, 0.3) is 5.91 Å². The monoisotopic (exact) mass is 425 g/mol. The molecule has 1 heterocycles. The van der Waals surface area contributed by atoms with Crippen LogP contribution in [0, 0.1) is 5.82 Å². The molecule has 0 saturated carbocycles. The van der Waals surface area contributed by atoms with Crippen LogP contribution in [0.4, 0.5) is 4.39 Å². The van der Waals surface area contributed by atoms with Crippen LogP contribution in [0.25, 0.3) is 32.9 Å². The molecule has 0 atom stereocenters. The molecule has 0 aliphatic rings. The predicted octanol–water partition coefficient (Wildman–Crippen LogP) is 5.46. The molecule has 0 bridgehead atoms. The van der Waals surface area contributed by atoms with Gasteiger partial charge in [-0.2, -0.15) is 5.10 Å². The number of H-pyrrole nitrogens is 1. The normalized spacial score (nSPS) is 11.1. The van der Waals surface area contributed by atoms with Crippen LogP contribution in [0.5, 0.6) is 5.75 Å². The lowest BCUT2D eigenvalue weighted by molar-refractivity contribution is 0.0948. The van der Waals surface area contributed by atoms with Crippen molar-refractivity contribution in [3.05, 3.63) is 95.8 Å². The van der Waals surface area contributed by atoms with E-state index in [1.54, 1.807) is 24.3 Å². The van der Waals surface area contributed by atoms with Crippen molar-refractivity contribution in [2.24, 2.45) is 0 Å². The highest BCUT2D eigenvalue weighted by molar-refractivity contribution is 5.98. The number of methoxy groups -OCH3 is 1. The fourth-order valence-corrected chi connectivity index (χ4v) is 3.91. The number of hydrogen-bond acceptors (Lipinski definition) is 3. The van der Waals surface area contributed by atoms with Gasteiger partial charge in [-0.15, -0.1) is 0 Å². The van der Waals surface area contributed by atoms with Crippen LogP contribution < -0.4 is 10.1 Å². The third-order valence-electron chi connectivity index (χ3n) is 5.51. The Balaban J connectivity index is 1.47. The van der Waals surface area contributed by atoms with Crippen LogP contribution in [0.15, 0.2) is 78.9 Å². The van der Waals surface area contributed by atoms with Gasteiger partial charge in [-0.05, 0) is 46.7 Å². The van der Waals surface area contributed by atoms with Gasteiger partial charge < -0.3 is 10.1 Å². The number of fused-ring (bicyclic) bond motifs is 2. The quantitative estimate of drug-likeness (QED) is 0.393. The number of amides is 1. The third kappa shape index (κ3) is 3.56. The zero-order valence-electron chi connectivity index (χ0n) is 17.4. The summed E-state index contributed by atoms with van der Waals surface area (Å²) in [5, 5.41) is 12.9. The lowest BCUT2D eigenvalue weighted by Crippen LogP contribution is -2.23. The SMILES string of the molecule is COc1ccccc1C(=O)NCc1cc(F)c2n[nH]c(-c3ccc4ccccc4c3)c2c1. The van der Waals surface area contributed by atoms with Crippen molar-refractivity contribution in [2.45, 2.75) is 6.54 Å². The predicted molar refractivity (Wildman–Crippen MR) is 123 cm³/mol. The number of halogens is 1. The van der Waals surface area contributed by atoms with Crippen molar-refractivity contribution in [2.75, 3.05) is 7.11 Å². The van der Waals surface area contributed by atoms with Gasteiger partial charge in [0.2, 0.25) is 0 Å². The van der Waals surface area contributed by atoms with E-state index in [0.29, 0.717) is 22.3 Å². The van der Waals surface area contributed by atoms with E-state index in [1.807, 2.05) is 42.5 Å². The lowest BCUT2D eigenvalue weighted by atomic mass is 10.0. The summed E-state index contributed by atoms with van der Waals surface area (Å²) in [5.41, 5.74) is 3.00. The van der Waals surface area contributed by atoms with E-state index in [1.165, 1.54) is 13.2 Å². The molecule has 0 radical (unpaired) electrons. The number of nitrogens with one attached hydrogen (secondary N) is 2. The van der Waals surface area contributed by atoms with Gasteiger partial charge in [-0.25, -0.2) is 4.39 Å². The molecule has 0 saturated heterocycles. The van der Waals surface area contributed by atoms with E-state index in [-0.39, 0.29) is 18.0 Å². The molecule has 1 aromatic heterocycles. The van der Waals surface area contributed by atoms with Crippen molar-refractivity contribution in [3.63, 3.8) is 0 Å². The van der Waals surface area contributed by atoms with Crippen molar-refractivity contribution in [1.82, 2.24) is 15.5 Å². The van der Waals surface area contributed by atoms with E-state index >= 15 is 0 Å². The van der Waals surface area contributed by atoms with Gasteiger partial charge in [-0.3, -0.25) is 9.89 Å². The molecule has 0 aliphatic heterocycles. The molecule has 0 aliphatic carbocycles. The van der Waals surface area contributed by atoms with Crippen LogP contribution >= 0.6 is 0 Å². The van der Waals surface area contributed by atoms with Gasteiger partial charge in [0.05, 0.1) is 18.4 Å². The summed E-state index contributed by atoms with van der Waals surface area (Å²) in [4.78, 5) is 12.6. The highest BCUT2D eigenvalue weighted by Gasteiger charge is 2.15. The Labute approximate surface area is 183 Å². The Morgan fingerprint density at radius 2 is 1.78 bits per heavy atom. The number of para-hydroxylation sites is 1. The van der Waals surface area contributed by atoms with Gasteiger partial charge in [0.15, 0.2) is 5.82 Å². The number of aromatic amines is 1. The average Bonchev–Trinajstić information content (AvgIpc) is 3.27. The minimum atomic E-state index is -0.438. The van der Waals surface area contributed by atoms with Gasteiger partial charge in [-0.1, -0.05) is 48.5 Å². The summed E-state index contributed by atoms with van der Waals surface area (Å²) < 4.78 is 20.0. The Hall–Kier alpha value is -4.19. The van der Waals surface area contributed by atoms with Crippen molar-refractivity contribution in [1.29, 1.82) is 0 Å². The molecule has 6 heteroatoms. The molecule has 5 rings (SSSR count). The Morgan fingerprint density at radius 1 is 1.00 bits per heavy atom. The fourth-order valence-electron chi connectivity index (χ4n) is 3.91. The Kier molecular flexibility index (Phi) is 5.03. The molecule has 4 aromatic carbocycles. The molecule has 5 aromatic rings. The molecule has 0 fully saturated rings. The molecular formula is C26H20FN3O2. The molecule has 0 spiro atoms. The summed E-state index contributed by atoms with van der Waals surface area (Å²) in [6.45, 7) is 0.173. The zero-order valence-corrected chi connectivity index (χ0v) is 17.4. The minimum absolute atomic E-state index is 0.173. The molecule has 32 heavy (non-hydrogen) atoms. The molecule has 5 nitrogen and oxygen atoms in total. The smallest absolute Gasteiger partial charge is 0.255 e.